The van der Waals surface area contributed by atoms with Crippen molar-refractivity contribution in [2.45, 2.75) is 0 Å². The average molecular weight is 422 g/mol. The number of hydrogen-bond acceptors (Lipinski definition) is 9. The van der Waals surface area contributed by atoms with Gasteiger partial charge in [-0.05, 0) is 48.5 Å². The minimum Gasteiger partial charge on any atom is -0.508 e. The normalized spacial score (nSPS) is 9.93. The number of benzene rings is 2. The van der Waals surface area contributed by atoms with Crippen molar-refractivity contribution in [3.05, 3.63) is 48.5 Å². The number of hydrogen-bond donors (Lipinski definition) is 6. The zero-order valence-electron chi connectivity index (χ0n) is 17.2. The number of phenolic OH excluding ortho intramolecular Hbond substituents is 2. The van der Waals surface area contributed by atoms with E-state index in [2.05, 4.69) is 21.3 Å². The van der Waals surface area contributed by atoms with Crippen LogP contribution in [0.4, 0.5) is 11.4 Å². The summed E-state index contributed by atoms with van der Waals surface area (Å²) in [5.74, 6) is 0.303. The predicted octanol–water partition coefficient (Wildman–Crippen LogP) is 1.45. The minimum atomic E-state index is -0.164. The lowest BCUT2D eigenvalue weighted by atomic mass is 10.3. The Morgan fingerprint density at radius 1 is 0.800 bits per heavy atom. The second kappa shape index (κ2) is 15.8. The lowest BCUT2D eigenvalue weighted by Gasteiger charge is -2.08. The monoisotopic (exact) mass is 422 g/mol. The molecule has 166 valence electrons. The Labute approximate surface area is 176 Å². The second-order valence-corrected chi connectivity index (χ2v) is 5.79. The number of carbonyl (C=O) groups excluding carboxylic acids is 1. The van der Waals surface area contributed by atoms with Crippen molar-refractivity contribution in [1.29, 1.82) is 0 Å². The molecule has 0 aliphatic rings. The summed E-state index contributed by atoms with van der Waals surface area (Å²) in [5.41, 5.74) is 1.73. The van der Waals surface area contributed by atoms with Crippen LogP contribution in [-0.2, 0) is 19.0 Å². The number of anilines is 2. The Balaban J connectivity index is 0.000000300. The molecule has 0 aliphatic heterocycles. The Morgan fingerprint density at radius 3 is 1.77 bits per heavy atom. The van der Waals surface area contributed by atoms with Gasteiger partial charge in [0.05, 0.1) is 6.73 Å². The van der Waals surface area contributed by atoms with Gasteiger partial charge in [-0.1, -0.05) is 0 Å². The van der Waals surface area contributed by atoms with E-state index in [1.54, 1.807) is 62.7 Å². The van der Waals surface area contributed by atoms with Crippen LogP contribution in [0, 0.1) is 0 Å². The highest BCUT2D eigenvalue weighted by molar-refractivity contribution is 5.76. The third kappa shape index (κ3) is 12.4. The molecule has 0 bridgehead atoms. The number of ether oxygens (including phenoxy) is 3. The molecule has 10 nitrogen and oxygen atoms in total. The van der Waals surface area contributed by atoms with E-state index in [-0.39, 0.29) is 30.7 Å². The fourth-order valence-corrected chi connectivity index (χ4v) is 1.91. The molecule has 0 aromatic heterocycles. The SMILES string of the molecule is CNC(=O)COCNc1ccc(O)cc1.COCNCOCNc1ccc(O)cc1. The van der Waals surface area contributed by atoms with Gasteiger partial charge in [0.25, 0.3) is 0 Å². The maximum absolute atomic E-state index is 10.8. The van der Waals surface area contributed by atoms with Crippen LogP contribution < -0.4 is 21.3 Å². The molecule has 30 heavy (non-hydrogen) atoms. The van der Waals surface area contributed by atoms with Gasteiger partial charge in [-0.15, -0.1) is 0 Å². The first-order valence-corrected chi connectivity index (χ1v) is 9.16. The van der Waals surface area contributed by atoms with E-state index in [0.717, 1.165) is 11.4 Å². The van der Waals surface area contributed by atoms with Gasteiger partial charge in [0.2, 0.25) is 5.91 Å². The van der Waals surface area contributed by atoms with E-state index in [1.807, 2.05) is 0 Å². The second-order valence-electron chi connectivity index (χ2n) is 5.79. The van der Waals surface area contributed by atoms with Crippen molar-refractivity contribution in [2.75, 3.05) is 58.3 Å². The quantitative estimate of drug-likeness (QED) is 0.171. The molecule has 0 heterocycles. The molecule has 6 N–H and O–H groups in total. The van der Waals surface area contributed by atoms with Gasteiger partial charge in [0, 0.05) is 25.5 Å². The number of aromatic hydroxyl groups is 2. The van der Waals surface area contributed by atoms with Gasteiger partial charge in [0.1, 0.15) is 38.3 Å². The fraction of sp³-hybridized carbons (Fsp3) is 0.350. The topological polar surface area (TPSA) is 133 Å². The average Bonchev–Trinajstić information content (AvgIpc) is 2.76. The lowest BCUT2D eigenvalue weighted by molar-refractivity contribution is -0.124. The van der Waals surface area contributed by atoms with Crippen molar-refractivity contribution in [2.24, 2.45) is 0 Å². The van der Waals surface area contributed by atoms with Crippen LogP contribution in [0.15, 0.2) is 48.5 Å². The van der Waals surface area contributed by atoms with E-state index in [1.165, 1.54) is 0 Å². The molecule has 2 aromatic rings. The molecule has 0 radical (unpaired) electrons. The van der Waals surface area contributed by atoms with Crippen molar-refractivity contribution < 1.29 is 29.2 Å². The van der Waals surface area contributed by atoms with Gasteiger partial charge in [-0.2, -0.15) is 0 Å². The summed E-state index contributed by atoms with van der Waals surface area (Å²) in [6.07, 6.45) is 0. The van der Waals surface area contributed by atoms with E-state index >= 15 is 0 Å². The standard InChI is InChI=1S/C10H16N2O3.C10H14N2O3/c1-14-6-11-7-15-8-12-9-2-4-10(13)5-3-9;1-11-10(14)6-15-7-12-8-2-4-9(13)5-3-8/h2-5,11-13H,6-8H2,1H3;2-5,12-13H,6-7H2,1H3,(H,11,14). The minimum absolute atomic E-state index is 0.0293. The Kier molecular flexibility index (Phi) is 13.2. The fourth-order valence-electron chi connectivity index (χ4n) is 1.91. The van der Waals surface area contributed by atoms with Crippen molar-refractivity contribution in [3.63, 3.8) is 0 Å². The van der Waals surface area contributed by atoms with E-state index in [9.17, 15) is 4.79 Å². The maximum atomic E-state index is 10.8. The zero-order chi connectivity index (χ0) is 22.0. The molecule has 2 rings (SSSR count). The van der Waals surface area contributed by atoms with Crippen molar-refractivity contribution in [3.8, 4) is 11.5 Å². The van der Waals surface area contributed by atoms with Crippen molar-refractivity contribution in [1.82, 2.24) is 10.6 Å². The summed E-state index contributed by atoms with van der Waals surface area (Å²) in [7, 11) is 3.17. The number of phenols is 2. The highest BCUT2D eigenvalue weighted by atomic mass is 16.5. The first-order chi connectivity index (χ1) is 14.5. The molecule has 0 atom stereocenters. The van der Waals surface area contributed by atoms with Crippen LogP contribution >= 0.6 is 0 Å². The van der Waals surface area contributed by atoms with E-state index in [0.29, 0.717) is 20.2 Å². The molecule has 0 fully saturated rings. The Bertz CT molecular complexity index is 697. The summed E-state index contributed by atoms with van der Waals surface area (Å²) in [6, 6.07) is 13.4. The van der Waals surface area contributed by atoms with Crippen LogP contribution in [0.1, 0.15) is 0 Å². The Morgan fingerprint density at radius 2 is 1.30 bits per heavy atom. The van der Waals surface area contributed by atoms with Gasteiger partial charge in [-0.3, -0.25) is 10.1 Å². The molecule has 10 heteroatoms. The van der Waals surface area contributed by atoms with Crippen LogP contribution in [-0.4, -0.2) is 63.8 Å². The van der Waals surface area contributed by atoms with Gasteiger partial charge < -0.3 is 40.4 Å². The first-order valence-electron chi connectivity index (χ1n) is 9.16. The highest BCUT2D eigenvalue weighted by Crippen LogP contribution is 2.13. The number of amides is 1. The third-order valence-corrected chi connectivity index (χ3v) is 3.45. The summed E-state index contributed by atoms with van der Waals surface area (Å²) in [5, 5.41) is 29.4. The molecule has 1 amide bonds. The number of rotatable bonds is 12. The zero-order valence-corrected chi connectivity index (χ0v) is 17.2. The number of methoxy groups -OCH3 is 1. The molecule has 0 saturated carbocycles. The van der Waals surface area contributed by atoms with Gasteiger partial charge in [0.15, 0.2) is 0 Å². The molecule has 0 aliphatic carbocycles. The van der Waals surface area contributed by atoms with Crippen LogP contribution in [0.2, 0.25) is 0 Å². The largest absolute Gasteiger partial charge is 0.508 e. The first kappa shape index (κ1) is 25.0. The van der Waals surface area contributed by atoms with Crippen LogP contribution in [0.5, 0.6) is 11.5 Å². The molecular formula is C20H30N4O6. The van der Waals surface area contributed by atoms with Crippen molar-refractivity contribution >= 4 is 17.3 Å². The molecule has 2 aromatic carbocycles. The summed E-state index contributed by atoms with van der Waals surface area (Å²) in [4.78, 5) is 10.8. The highest BCUT2D eigenvalue weighted by Gasteiger charge is 1.97. The predicted molar refractivity (Wildman–Crippen MR) is 114 cm³/mol. The van der Waals surface area contributed by atoms with E-state index in [4.69, 9.17) is 24.4 Å². The molecule has 0 spiro atoms. The molecular weight excluding hydrogens is 392 g/mol. The van der Waals surface area contributed by atoms with Crippen LogP contribution in [0.3, 0.4) is 0 Å². The maximum Gasteiger partial charge on any atom is 0.245 e. The molecule has 0 saturated heterocycles. The number of nitrogens with one attached hydrogen (secondary N) is 4. The number of likely N-dealkylation sites (N-methyl/N-ethyl adjacent to an activating group) is 1. The summed E-state index contributed by atoms with van der Waals surface area (Å²) >= 11 is 0. The van der Waals surface area contributed by atoms with Crippen LogP contribution in [0.25, 0.3) is 0 Å². The van der Waals surface area contributed by atoms with Gasteiger partial charge >= 0.3 is 0 Å². The number of carbonyl (C=O) groups is 1. The summed E-state index contributed by atoms with van der Waals surface area (Å²) in [6.45, 7) is 1.58. The third-order valence-electron chi connectivity index (χ3n) is 3.45. The van der Waals surface area contributed by atoms with E-state index < -0.39 is 0 Å². The smallest absolute Gasteiger partial charge is 0.245 e. The van der Waals surface area contributed by atoms with Gasteiger partial charge in [-0.25, -0.2) is 0 Å². The Hall–Kier alpha value is -3.05. The lowest BCUT2D eigenvalue weighted by Crippen LogP contribution is -2.24. The summed E-state index contributed by atoms with van der Waals surface area (Å²) < 4.78 is 15.0. The molecule has 0 unspecified atom stereocenters.